The van der Waals surface area contributed by atoms with Crippen LogP contribution in [0.15, 0.2) is 126 Å². The number of nitrogens with zero attached hydrogens (tertiary/aromatic N) is 1. The second-order valence-corrected chi connectivity index (χ2v) is 11.9. The van der Waals surface area contributed by atoms with Gasteiger partial charge in [-0.25, -0.2) is 0 Å². The van der Waals surface area contributed by atoms with Gasteiger partial charge >= 0.3 is 0 Å². The molecule has 5 aromatic carbocycles. The summed E-state index contributed by atoms with van der Waals surface area (Å²) < 4.78 is 6.43. The molecule has 0 spiro atoms. The van der Waals surface area contributed by atoms with Crippen molar-refractivity contribution in [3.8, 4) is 33.7 Å². The number of allylic oxidation sites excluding steroid dienone is 2. The Morgan fingerprint density at radius 2 is 1.40 bits per heavy atom. The van der Waals surface area contributed by atoms with Crippen LogP contribution in [0, 0.1) is 13.0 Å². The molecule has 0 saturated heterocycles. The number of aliphatic hydroxyl groups excluding tert-OH is 1. The van der Waals surface area contributed by atoms with Crippen molar-refractivity contribution >= 4 is 38.3 Å². The van der Waals surface area contributed by atoms with Crippen LogP contribution in [0.5, 0.6) is 0 Å². The number of benzene rings is 5. The third kappa shape index (κ3) is 6.97. The van der Waals surface area contributed by atoms with Crippen molar-refractivity contribution in [3.63, 3.8) is 0 Å². The quantitative estimate of drug-likeness (QED) is 0.0816. The molecule has 0 amide bonds. The molecule has 4 nitrogen and oxygen atoms in total. The Hall–Kier alpha value is -4.83. The fourth-order valence-electron chi connectivity index (χ4n) is 6.27. The molecule has 47 heavy (non-hydrogen) atoms. The summed E-state index contributed by atoms with van der Waals surface area (Å²) in [4.78, 5) is 14.9. The molecule has 2 heterocycles. The van der Waals surface area contributed by atoms with E-state index in [1.165, 1.54) is 47.2 Å². The summed E-state index contributed by atoms with van der Waals surface area (Å²) in [6.45, 7) is 9.60. The Balaban J connectivity index is 0.000000491. The molecule has 0 unspecified atom stereocenters. The molecule has 1 radical (unpaired) electrons. The minimum Gasteiger partial charge on any atom is -0.512 e. The number of carbonyl (C=O) groups excluding carboxylic acids is 1. The van der Waals surface area contributed by atoms with E-state index in [4.69, 9.17) is 14.5 Å². The summed E-state index contributed by atoms with van der Waals surface area (Å²) in [7, 11) is 0. The molecule has 0 aliphatic rings. The zero-order valence-electron chi connectivity index (χ0n) is 27.1. The standard InChI is InChI=1S/C37H28NO.C5H8O2.Ir/c1-23(2)36-24(3)14-15-28-29-18-19-38-37(31(29)17-16-30(28)36)27-20-32(25-10-6-4-7-11-25)33-22-34(39-35(33)21-27)26-12-8-5-9-13-26;1-4(6)3-5(2)7;/h4-20,22-23H,1-3H3;3,6H,1-2H3;/q-1;;/b;4-3-;. The van der Waals surface area contributed by atoms with Crippen molar-refractivity contribution in [2.75, 3.05) is 0 Å². The average Bonchev–Trinajstić information content (AvgIpc) is 3.48. The van der Waals surface area contributed by atoms with Gasteiger partial charge in [-0.05, 0) is 82.8 Å². The van der Waals surface area contributed by atoms with Crippen LogP contribution in [-0.4, -0.2) is 15.9 Å². The van der Waals surface area contributed by atoms with Crippen LogP contribution in [0.25, 0.3) is 66.2 Å². The van der Waals surface area contributed by atoms with Crippen molar-refractivity contribution in [2.24, 2.45) is 0 Å². The van der Waals surface area contributed by atoms with Gasteiger partial charge in [0.05, 0.1) is 11.3 Å². The van der Waals surface area contributed by atoms with Gasteiger partial charge in [0.25, 0.3) is 0 Å². The number of rotatable bonds is 5. The molecule has 5 heteroatoms. The zero-order valence-corrected chi connectivity index (χ0v) is 29.5. The number of aryl methyl sites for hydroxylation is 1. The van der Waals surface area contributed by atoms with Gasteiger partial charge in [0.15, 0.2) is 5.78 Å². The van der Waals surface area contributed by atoms with E-state index in [1.807, 2.05) is 30.5 Å². The fraction of sp³-hybridized carbons (Fsp3) is 0.143. The molecule has 0 fully saturated rings. The molecule has 0 atom stereocenters. The normalized spacial score (nSPS) is 11.4. The van der Waals surface area contributed by atoms with Gasteiger partial charge in [0, 0.05) is 37.9 Å². The third-order valence-corrected chi connectivity index (χ3v) is 8.15. The zero-order chi connectivity index (χ0) is 32.4. The molecule has 1 N–H and O–H groups in total. The van der Waals surface area contributed by atoms with E-state index in [2.05, 4.69) is 106 Å². The van der Waals surface area contributed by atoms with Crippen LogP contribution < -0.4 is 0 Å². The summed E-state index contributed by atoms with van der Waals surface area (Å²) in [5, 5.41) is 14.3. The SMILES string of the molecule is CC(=O)/C=C(/C)O.Cc1ccc2c(ccc3c(-c4[c-]c5oc(-c6ccccc6)cc5c(-c5ccccc5)c4)nccc32)c1C(C)C.[Ir]. The van der Waals surface area contributed by atoms with Gasteiger partial charge < -0.3 is 14.5 Å². The van der Waals surface area contributed by atoms with Crippen LogP contribution in [0.1, 0.15) is 44.7 Å². The van der Waals surface area contributed by atoms with E-state index < -0.39 is 0 Å². The van der Waals surface area contributed by atoms with Gasteiger partial charge in [-0.3, -0.25) is 4.79 Å². The Bertz CT molecular complexity index is 2230. The number of carbonyl (C=O) groups is 1. The number of hydrogen-bond acceptors (Lipinski definition) is 4. The minimum atomic E-state index is -0.125. The number of pyridine rings is 1. The van der Waals surface area contributed by atoms with E-state index >= 15 is 0 Å². The average molecular weight is 795 g/mol. The van der Waals surface area contributed by atoms with Crippen LogP contribution in [0.3, 0.4) is 0 Å². The van der Waals surface area contributed by atoms with Crippen LogP contribution in [0.4, 0.5) is 0 Å². The molecule has 7 rings (SSSR count). The molecule has 0 aliphatic carbocycles. The Labute approximate surface area is 289 Å². The van der Waals surface area contributed by atoms with Gasteiger partial charge in [-0.1, -0.05) is 116 Å². The largest absolute Gasteiger partial charge is 0.512 e. The second-order valence-electron chi connectivity index (χ2n) is 11.9. The van der Waals surface area contributed by atoms with Crippen molar-refractivity contribution in [2.45, 2.75) is 40.5 Å². The van der Waals surface area contributed by atoms with E-state index in [-0.39, 0.29) is 31.6 Å². The van der Waals surface area contributed by atoms with E-state index in [0.717, 1.165) is 50.1 Å². The second kappa shape index (κ2) is 14.3. The Morgan fingerprint density at radius 1 is 0.787 bits per heavy atom. The maximum Gasteiger partial charge on any atom is 0.155 e. The molecular weight excluding hydrogens is 759 g/mol. The van der Waals surface area contributed by atoms with Crippen molar-refractivity contribution in [1.29, 1.82) is 0 Å². The first-order valence-corrected chi connectivity index (χ1v) is 15.5. The first kappa shape index (κ1) is 33.5. The van der Waals surface area contributed by atoms with E-state index in [1.54, 1.807) is 0 Å². The topological polar surface area (TPSA) is 63.3 Å². The van der Waals surface area contributed by atoms with Gasteiger partial charge in [0.2, 0.25) is 0 Å². The third-order valence-electron chi connectivity index (χ3n) is 8.15. The van der Waals surface area contributed by atoms with E-state index in [9.17, 15) is 4.79 Å². The van der Waals surface area contributed by atoms with Crippen LogP contribution in [-0.2, 0) is 24.9 Å². The predicted octanol–water partition coefficient (Wildman–Crippen LogP) is 11.4. The summed E-state index contributed by atoms with van der Waals surface area (Å²) >= 11 is 0. The van der Waals surface area contributed by atoms with Crippen molar-refractivity contribution in [1.82, 2.24) is 4.98 Å². The summed E-state index contributed by atoms with van der Waals surface area (Å²) in [6.07, 6.45) is 3.09. The number of aliphatic hydroxyl groups is 1. The Kier molecular flexibility index (Phi) is 10.2. The first-order valence-electron chi connectivity index (χ1n) is 15.5. The number of furan rings is 1. The van der Waals surface area contributed by atoms with Gasteiger partial charge in [-0.15, -0.1) is 11.6 Å². The van der Waals surface area contributed by atoms with Crippen molar-refractivity contribution in [3.05, 3.63) is 138 Å². The van der Waals surface area contributed by atoms with Crippen molar-refractivity contribution < 1.29 is 34.4 Å². The maximum absolute atomic E-state index is 10.0. The van der Waals surface area contributed by atoms with Gasteiger partial charge in [-0.2, -0.15) is 0 Å². The van der Waals surface area contributed by atoms with Crippen LogP contribution in [0.2, 0.25) is 0 Å². The minimum absolute atomic E-state index is 0. The first-order chi connectivity index (χ1) is 22.2. The molecule has 7 aromatic rings. The molecule has 0 bridgehead atoms. The van der Waals surface area contributed by atoms with E-state index in [0.29, 0.717) is 5.92 Å². The smallest absolute Gasteiger partial charge is 0.155 e. The number of aromatic nitrogens is 1. The monoisotopic (exact) mass is 795 g/mol. The molecular formula is C42H36IrNO3-. The molecule has 237 valence electrons. The summed E-state index contributed by atoms with van der Waals surface area (Å²) in [6, 6.07) is 39.8. The fourth-order valence-corrected chi connectivity index (χ4v) is 6.27. The predicted molar refractivity (Wildman–Crippen MR) is 190 cm³/mol. The molecule has 0 saturated carbocycles. The number of ketones is 1. The number of fused-ring (bicyclic) bond motifs is 4. The number of hydrogen-bond donors (Lipinski definition) is 1. The van der Waals surface area contributed by atoms with Crippen LogP contribution >= 0.6 is 0 Å². The van der Waals surface area contributed by atoms with Gasteiger partial charge in [0.1, 0.15) is 5.76 Å². The molecule has 2 aromatic heterocycles. The molecule has 0 aliphatic heterocycles. The summed E-state index contributed by atoms with van der Waals surface area (Å²) in [5.74, 6) is 1.23. The summed E-state index contributed by atoms with van der Waals surface area (Å²) in [5.41, 5.74) is 8.63. The maximum atomic E-state index is 10.0. The Morgan fingerprint density at radius 3 is 2.02 bits per heavy atom.